The highest BCUT2D eigenvalue weighted by Gasteiger charge is 2.31. The Morgan fingerprint density at radius 1 is 1.45 bits per heavy atom. The van der Waals surface area contributed by atoms with Gasteiger partial charge in [-0.3, -0.25) is 4.79 Å². The Bertz CT molecular complexity index is 683. The molecule has 0 radical (unpaired) electrons. The standard InChI is InChI=1S/C13H14ClF3N4O/c1-7(2)9(11(22)19-6-13(15,16)17)21-4-3-8-5-18-12(14)20-10(8)21/h3-5,7,9H,6H2,1-2H3,(H,19,22)/t9-/m1/s1. The third-order valence-corrected chi connectivity index (χ3v) is 3.27. The van der Waals surface area contributed by atoms with Crippen LogP contribution in [-0.2, 0) is 4.79 Å². The van der Waals surface area contributed by atoms with Crippen molar-refractivity contribution >= 4 is 28.5 Å². The molecule has 5 nitrogen and oxygen atoms in total. The van der Waals surface area contributed by atoms with E-state index in [0.717, 1.165) is 0 Å². The van der Waals surface area contributed by atoms with Crippen molar-refractivity contribution in [3.8, 4) is 0 Å². The normalized spacial score (nSPS) is 13.6. The van der Waals surface area contributed by atoms with Gasteiger partial charge in [-0.15, -0.1) is 0 Å². The molecule has 120 valence electrons. The van der Waals surface area contributed by atoms with E-state index in [1.54, 1.807) is 26.1 Å². The number of rotatable bonds is 4. The number of hydrogen-bond acceptors (Lipinski definition) is 3. The number of hydrogen-bond donors (Lipinski definition) is 1. The van der Waals surface area contributed by atoms with Crippen LogP contribution >= 0.6 is 11.6 Å². The molecular formula is C13H14ClF3N4O. The van der Waals surface area contributed by atoms with Crippen LogP contribution in [0.4, 0.5) is 13.2 Å². The van der Waals surface area contributed by atoms with Crippen molar-refractivity contribution in [1.29, 1.82) is 0 Å². The van der Waals surface area contributed by atoms with Crippen LogP contribution in [0.5, 0.6) is 0 Å². The molecule has 0 aromatic carbocycles. The van der Waals surface area contributed by atoms with Crippen LogP contribution in [0.3, 0.4) is 0 Å². The predicted octanol–water partition coefficient (Wildman–Crippen LogP) is 2.96. The highest BCUT2D eigenvalue weighted by Crippen LogP contribution is 2.25. The Morgan fingerprint density at radius 3 is 2.73 bits per heavy atom. The Balaban J connectivity index is 2.34. The van der Waals surface area contributed by atoms with Gasteiger partial charge in [0.1, 0.15) is 18.2 Å². The van der Waals surface area contributed by atoms with Crippen molar-refractivity contribution in [2.75, 3.05) is 6.54 Å². The third kappa shape index (κ3) is 3.68. The quantitative estimate of drug-likeness (QED) is 0.874. The first-order chi connectivity index (χ1) is 10.2. The lowest BCUT2D eigenvalue weighted by molar-refractivity contribution is -0.141. The van der Waals surface area contributed by atoms with Crippen molar-refractivity contribution in [2.24, 2.45) is 5.92 Å². The summed E-state index contributed by atoms with van der Waals surface area (Å²) in [6.07, 6.45) is -1.37. The van der Waals surface area contributed by atoms with E-state index in [2.05, 4.69) is 9.97 Å². The molecule has 0 fully saturated rings. The second kappa shape index (κ2) is 6.12. The SMILES string of the molecule is CC(C)[C@H](C(=O)NCC(F)(F)F)n1ccc2cnc(Cl)nc21. The summed E-state index contributed by atoms with van der Waals surface area (Å²) < 4.78 is 38.3. The first-order valence-corrected chi connectivity index (χ1v) is 6.90. The van der Waals surface area contributed by atoms with Gasteiger partial charge in [-0.1, -0.05) is 13.8 Å². The number of alkyl halides is 3. The van der Waals surface area contributed by atoms with Crippen molar-refractivity contribution in [3.63, 3.8) is 0 Å². The lowest BCUT2D eigenvalue weighted by Gasteiger charge is -2.23. The van der Waals surface area contributed by atoms with Crippen LogP contribution in [0.2, 0.25) is 5.28 Å². The molecule has 1 atom stereocenters. The monoisotopic (exact) mass is 334 g/mol. The number of aromatic nitrogens is 3. The van der Waals surface area contributed by atoms with E-state index >= 15 is 0 Å². The fraction of sp³-hybridized carbons (Fsp3) is 0.462. The van der Waals surface area contributed by atoms with E-state index in [1.807, 2.05) is 5.32 Å². The molecular weight excluding hydrogens is 321 g/mol. The molecule has 0 unspecified atom stereocenters. The van der Waals surface area contributed by atoms with Gasteiger partial charge in [0.2, 0.25) is 11.2 Å². The molecule has 2 aromatic rings. The van der Waals surface area contributed by atoms with E-state index in [4.69, 9.17) is 11.6 Å². The zero-order valence-electron chi connectivity index (χ0n) is 11.9. The van der Waals surface area contributed by atoms with E-state index < -0.39 is 24.7 Å². The maximum absolute atomic E-state index is 12.3. The van der Waals surface area contributed by atoms with E-state index in [1.165, 1.54) is 10.8 Å². The number of fused-ring (bicyclic) bond motifs is 1. The number of amides is 1. The predicted molar refractivity (Wildman–Crippen MR) is 75.5 cm³/mol. The molecule has 0 spiro atoms. The van der Waals surface area contributed by atoms with Crippen molar-refractivity contribution in [1.82, 2.24) is 19.9 Å². The molecule has 9 heteroatoms. The van der Waals surface area contributed by atoms with E-state index in [9.17, 15) is 18.0 Å². The fourth-order valence-electron chi connectivity index (χ4n) is 2.18. The molecule has 22 heavy (non-hydrogen) atoms. The maximum atomic E-state index is 12.3. The van der Waals surface area contributed by atoms with Gasteiger partial charge < -0.3 is 9.88 Å². The molecule has 0 aliphatic rings. The van der Waals surface area contributed by atoms with Crippen molar-refractivity contribution in [3.05, 3.63) is 23.7 Å². The molecule has 0 saturated heterocycles. The number of nitrogens with zero attached hydrogens (tertiary/aromatic N) is 3. The van der Waals surface area contributed by atoms with Gasteiger partial charge in [0, 0.05) is 17.8 Å². The highest BCUT2D eigenvalue weighted by molar-refractivity contribution is 6.28. The third-order valence-electron chi connectivity index (χ3n) is 3.09. The van der Waals surface area contributed by atoms with Gasteiger partial charge >= 0.3 is 6.18 Å². The minimum Gasteiger partial charge on any atom is -0.345 e. The first-order valence-electron chi connectivity index (χ1n) is 6.52. The second-order valence-electron chi connectivity index (χ2n) is 5.16. The van der Waals surface area contributed by atoms with E-state index in [-0.39, 0.29) is 11.2 Å². The van der Waals surface area contributed by atoms with Crippen molar-refractivity contribution < 1.29 is 18.0 Å². The Morgan fingerprint density at radius 2 is 2.14 bits per heavy atom. The average Bonchev–Trinajstić information content (AvgIpc) is 2.78. The number of carbonyl (C=O) groups excluding carboxylic acids is 1. The van der Waals surface area contributed by atoms with Crippen LogP contribution in [0, 0.1) is 5.92 Å². The van der Waals surface area contributed by atoms with Crippen LogP contribution in [0.15, 0.2) is 18.5 Å². The lowest BCUT2D eigenvalue weighted by Crippen LogP contribution is -2.40. The summed E-state index contributed by atoms with van der Waals surface area (Å²) in [5, 5.41) is 2.57. The Labute approximate surface area is 129 Å². The van der Waals surface area contributed by atoms with Gasteiger partial charge in [0.25, 0.3) is 0 Å². The summed E-state index contributed by atoms with van der Waals surface area (Å²) in [7, 11) is 0. The zero-order chi connectivity index (χ0) is 16.5. The summed E-state index contributed by atoms with van der Waals surface area (Å²) in [6.45, 7) is 2.11. The minimum absolute atomic E-state index is 0.00524. The highest BCUT2D eigenvalue weighted by atomic mass is 35.5. The zero-order valence-corrected chi connectivity index (χ0v) is 12.6. The smallest absolute Gasteiger partial charge is 0.345 e. The number of carbonyl (C=O) groups is 1. The largest absolute Gasteiger partial charge is 0.405 e. The van der Waals surface area contributed by atoms with Gasteiger partial charge in [-0.2, -0.15) is 18.2 Å². The number of nitrogens with one attached hydrogen (secondary N) is 1. The van der Waals surface area contributed by atoms with Crippen LogP contribution < -0.4 is 5.32 Å². The minimum atomic E-state index is -4.46. The molecule has 1 N–H and O–H groups in total. The molecule has 2 aromatic heterocycles. The first kappa shape index (κ1) is 16.5. The topological polar surface area (TPSA) is 59.8 Å². The van der Waals surface area contributed by atoms with Gasteiger partial charge in [0.05, 0.1) is 0 Å². The molecule has 0 saturated carbocycles. The van der Waals surface area contributed by atoms with Crippen LogP contribution in [0.1, 0.15) is 19.9 Å². The summed E-state index contributed by atoms with van der Waals surface area (Å²) in [4.78, 5) is 20.0. The van der Waals surface area contributed by atoms with Crippen molar-refractivity contribution in [2.45, 2.75) is 26.1 Å². The molecule has 0 aliphatic carbocycles. The van der Waals surface area contributed by atoms with Gasteiger partial charge in [-0.05, 0) is 23.6 Å². The molecule has 1 amide bonds. The molecule has 0 aliphatic heterocycles. The Hall–Kier alpha value is -1.83. The van der Waals surface area contributed by atoms with Crippen LogP contribution in [-0.4, -0.2) is 33.2 Å². The molecule has 2 heterocycles. The summed E-state index contributed by atoms with van der Waals surface area (Å²) >= 11 is 5.75. The second-order valence-corrected chi connectivity index (χ2v) is 5.50. The molecule has 0 bridgehead atoms. The Kier molecular flexibility index (Phi) is 4.60. The molecule has 2 rings (SSSR count). The fourth-order valence-corrected chi connectivity index (χ4v) is 2.31. The summed E-state index contributed by atoms with van der Waals surface area (Å²) in [5.41, 5.74) is 0.404. The van der Waals surface area contributed by atoms with Crippen LogP contribution in [0.25, 0.3) is 11.0 Å². The summed E-state index contributed by atoms with van der Waals surface area (Å²) in [6, 6.07) is 0.851. The average molecular weight is 335 g/mol. The van der Waals surface area contributed by atoms with E-state index in [0.29, 0.717) is 11.0 Å². The maximum Gasteiger partial charge on any atom is 0.405 e. The van der Waals surface area contributed by atoms with Gasteiger partial charge in [-0.25, -0.2) is 4.98 Å². The number of halogens is 4. The van der Waals surface area contributed by atoms with Gasteiger partial charge in [0.15, 0.2) is 0 Å². The summed E-state index contributed by atoms with van der Waals surface area (Å²) in [5.74, 6) is -0.961. The lowest BCUT2D eigenvalue weighted by atomic mass is 10.0.